The lowest BCUT2D eigenvalue weighted by molar-refractivity contribution is -0.121. The molecule has 1 aromatic heterocycles. The zero-order valence-electron chi connectivity index (χ0n) is 13.1. The molecule has 1 fully saturated rings. The quantitative estimate of drug-likeness (QED) is 0.768. The van der Waals surface area contributed by atoms with Gasteiger partial charge in [-0.2, -0.15) is 5.10 Å². The van der Waals surface area contributed by atoms with Crippen LogP contribution in [0.4, 0.5) is 0 Å². The van der Waals surface area contributed by atoms with E-state index in [1.54, 1.807) is 6.20 Å². The van der Waals surface area contributed by atoms with Gasteiger partial charge in [-0.1, -0.05) is 0 Å². The van der Waals surface area contributed by atoms with Crippen molar-refractivity contribution in [3.8, 4) is 0 Å². The number of rotatable bonds is 7. The molecule has 1 aromatic rings. The first-order chi connectivity index (χ1) is 10.1. The monoisotopic (exact) mass is 293 g/mol. The van der Waals surface area contributed by atoms with Crippen LogP contribution < -0.4 is 5.32 Å². The number of aromatic nitrogens is 2. The van der Waals surface area contributed by atoms with Crippen molar-refractivity contribution in [2.75, 3.05) is 39.8 Å². The number of aryl methyl sites for hydroxylation is 1. The van der Waals surface area contributed by atoms with Crippen LogP contribution in [-0.4, -0.2) is 71.7 Å². The maximum atomic E-state index is 11.8. The van der Waals surface area contributed by atoms with Crippen molar-refractivity contribution in [1.29, 1.82) is 0 Å². The second kappa shape index (κ2) is 8.14. The molecule has 1 atom stereocenters. The average Bonchev–Trinajstić information content (AvgIpc) is 2.99. The number of hydrogen-bond acceptors (Lipinski definition) is 4. The van der Waals surface area contributed by atoms with Gasteiger partial charge in [-0.3, -0.25) is 14.8 Å². The Hall–Kier alpha value is -1.40. The number of amides is 1. The van der Waals surface area contributed by atoms with E-state index in [1.165, 1.54) is 0 Å². The minimum atomic E-state index is 0.127. The minimum Gasteiger partial charge on any atom is -0.356 e. The lowest BCUT2D eigenvalue weighted by Crippen LogP contribution is -2.48. The van der Waals surface area contributed by atoms with Gasteiger partial charge in [-0.15, -0.1) is 0 Å². The van der Waals surface area contributed by atoms with E-state index in [1.807, 2.05) is 6.20 Å². The number of nitrogens with one attached hydrogen (secondary N) is 2. The minimum absolute atomic E-state index is 0.127. The molecule has 1 saturated heterocycles. The molecular weight excluding hydrogens is 266 g/mol. The number of carbonyl (C=O) groups is 1. The second-order valence-electron chi connectivity index (χ2n) is 5.93. The molecule has 1 amide bonds. The number of likely N-dealkylation sites (N-methyl/N-ethyl adjacent to an activating group) is 1. The predicted molar refractivity (Wildman–Crippen MR) is 83.1 cm³/mol. The van der Waals surface area contributed by atoms with E-state index < -0.39 is 0 Å². The van der Waals surface area contributed by atoms with Crippen LogP contribution in [0.1, 0.15) is 25.3 Å². The fourth-order valence-corrected chi connectivity index (χ4v) is 2.63. The number of piperazine rings is 1. The Balaban J connectivity index is 1.56. The van der Waals surface area contributed by atoms with Gasteiger partial charge >= 0.3 is 0 Å². The molecule has 21 heavy (non-hydrogen) atoms. The fourth-order valence-electron chi connectivity index (χ4n) is 2.63. The topological polar surface area (TPSA) is 64.3 Å². The van der Waals surface area contributed by atoms with Crippen molar-refractivity contribution in [3.05, 3.63) is 18.0 Å². The van der Waals surface area contributed by atoms with Gasteiger partial charge in [0.05, 0.1) is 6.20 Å². The van der Waals surface area contributed by atoms with Crippen molar-refractivity contribution < 1.29 is 4.79 Å². The summed E-state index contributed by atoms with van der Waals surface area (Å²) < 4.78 is 0. The van der Waals surface area contributed by atoms with Gasteiger partial charge in [-0.05, 0) is 32.4 Å². The standard InChI is InChI=1S/C15H27N5O/c1-13(20-9-7-19(2)8-10-20)5-6-16-15(21)4-3-14-11-17-18-12-14/h11-13H,3-10H2,1-2H3,(H,16,21)(H,17,18)/t13-/m0/s1. The highest BCUT2D eigenvalue weighted by molar-refractivity contribution is 5.76. The molecule has 0 radical (unpaired) electrons. The molecule has 0 bridgehead atoms. The molecule has 0 aromatic carbocycles. The van der Waals surface area contributed by atoms with Gasteiger partial charge < -0.3 is 10.2 Å². The van der Waals surface area contributed by atoms with Crippen LogP contribution in [0.2, 0.25) is 0 Å². The maximum Gasteiger partial charge on any atom is 0.220 e. The lowest BCUT2D eigenvalue weighted by atomic mass is 10.1. The van der Waals surface area contributed by atoms with E-state index in [2.05, 4.69) is 39.3 Å². The molecule has 6 heteroatoms. The molecule has 2 N–H and O–H groups in total. The third kappa shape index (κ3) is 5.47. The van der Waals surface area contributed by atoms with E-state index in [0.717, 1.165) is 51.1 Å². The van der Waals surface area contributed by atoms with Crippen LogP contribution >= 0.6 is 0 Å². The molecule has 2 rings (SSSR count). The largest absolute Gasteiger partial charge is 0.356 e. The highest BCUT2D eigenvalue weighted by Crippen LogP contribution is 2.07. The SMILES string of the molecule is C[C@@H](CCNC(=O)CCc1cn[nH]c1)N1CCN(C)CC1. The molecule has 0 spiro atoms. The summed E-state index contributed by atoms with van der Waals surface area (Å²) in [4.78, 5) is 16.7. The van der Waals surface area contributed by atoms with Crippen LogP contribution in [-0.2, 0) is 11.2 Å². The van der Waals surface area contributed by atoms with Gasteiger partial charge in [0, 0.05) is 51.4 Å². The number of nitrogens with zero attached hydrogens (tertiary/aromatic N) is 3. The van der Waals surface area contributed by atoms with Crippen molar-refractivity contribution in [2.45, 2.75) is 32.2 Å². The van der Waals surface area contributed by atoms with E-state index >= 15 is 0 Å². The molecule has 6 nitrogen and oxygen atoms in total. The number of hydrogen-bond donors (Lipinski definition) is 2. The number of carbonyl (C=O) groups excluding carboxylic acids is 1. The molecule has 0 aliphatic carbocycles. The summed E-state index contributed by atoms with van der Waals surface area (Å²) in [5.41, 5.74) is 1.08. The van der Waals surface area contributed by atoms with E-state index in [9.17, 15) is 4.79 Å². The Morgan fingerprint density at radius 1 is 1.43 bits per heavy atom. The van der Waals surface area contributed by atoms with E-state index in [0.29, 0.717) is 12.5 Å². The summed E-state index contributed by atoms with van der Waals surface area (Å²) in [5.74, 6) is 0.127. The first-order valence-electron chi connectivity index (χ1n) is 7.82. The summed E-state index contributed by atoms with van der Waals surface area (Å²) in [6.07, 6.45) is 5.89. The Kier molecular flexibility index (Phi) is 6.20. The van der Waals surface area contributed by atoms with Crippen LogP contribution in [0, 0.1) is 0 Å². The molecule has 0 saturated carbocycles. The average molecular weight is 293 g/mol. The van der Waals surface area contributed by atoms with Crippen LogP contribution in [0.25, 0.3) is 0 Å². The summed E-state index contributed by atoms with van der Waals surface area (Å²) in [6.45, 7) is 7.56. The zero-order chi connectivity index (χ0) is 15.1. The zero-order valence-corrected chi connectivity index (χ0v) is 13.1. The molecule has 118 valence electrons. The van der Waals surface area contributed by atoms with Crippen molar-refractivity contribution >= 4 is 5.91 Å². The van der Waals surface area contributed by atoms with Gasteiger partial charge in [0.1, 0.15) is 0 Å². The summed E-state index contributed by atoms with van der Waals surface area (Å²) >= 11 is 0. The van der Waals surface area contributed by atoms with Crippen LogP contribution in [0.3, 0.4) is 0 Å². The Morgan fingerprint density at radius 2 is 2.19 bits per heavy atom. The van der Waals surface area contributed by atoms with Gasteiger partial charge in [0.25, 0.3) is 0 Å². The lowest BCUT2D eigenvalue weighted by Gasteiger charge is -2.36. The normalized spacial score (nSPS) is 18.6. The smallest absolute Gasteiger partial charge is 0.220 e. The molecule has 2 heterocycles. The van der Waals surface area contributed by atoms with Crippen molar-refractivity contribution in [3.63, 3.8) is 0 Å². The molecule has 0 unspecified atom stereocenters. The Labute approximate surface area is 126 Å². The highest BCUT2D eigenvalue weighted by Gasteiger charge is 2.18. The fraction of sp³-hybridized carbons (Fsp3) is 0.733. The van der Waals surface area contributed by atoms with Crippen LogP contribution in [0.5, 0.6) is 0 Å². The Bertz CT molecular complexity index is 412. The maximum absolute atomic E-state index is 11.8. The number of H-pyrrole nitrogens is 1. The number of aromatic amines is 1. The van der Waals surface area contributed by atoms with Gasteiger partial charge in [0.15, 0.2) is 0 Å². The first-order valence-corrected chi connectivity index (χ1v) is 7.82. The third-order valence-electron chi connectivity index (χ3n) is 4.24. The Morgan fingerprint density at radius 3 is 2.86 bits per heavy atom. The predicted octanol–water partition coefficient (Wildman–Crippen LogP) is 0.485. The second-order valence-corrected chi connectivity index (χ2v) is 5.93. The molecule has 1 aliphatic rings. The first kappa shape index (κ1) is 16.0. The van der Waals surface area contributed by atoms with Crippen LogP contribution in [0.15, 0.2) is 12.4 Å². The van der Waals surface area contributed by atoms with Gasteiger partial charge in [-0.25, -0.2) is 0 Å². The van der Waals surface area contributed by atoms with E-state index in [4.69, 9.17) is 0 Å². The highest BCUT2D eigenvalue weighted by atomic mass is 16.1. The van der Waals surface area contributed by atoms with Gasteiger partial charge in [0.2, 0.25) is 5.91 Å². The summed E-state index contributed by atoms with van der Waals surface area (Å²) in [7, 11) is 2.17. The molecular formula is C15H27N5O. The van der Waals surface area contributed by atoms with E-state index in [-0.39, 0.29) is 5.91 Å². The van der Waals surface area contributed by atoms with Crippen molar-refractivity contribution in [2.24, 2.45) is 0 Å². The summed E-state index contributed by atoms with van der Waals surface area (Å²) in [5, 5.41) is 9.65. The third-order valence-corrected chi connectivity index (χ3v) is 4.24. The van der Waals surface area contributed by atoms with Crippen molar-refractivity contribution in [1.82, 2.24) is 25.3 Å². The molecule has 1 aliphatic heterocycles. The summed E-state index contributed by atoms with van der Waals surface area (Å²) in [6, 6.07) is 0.535.